The summed E-state index contributed by atoms with van der Waals surface area (Å²) in [5.41, 5.74) is 0.0376. The maximum Gasteiger partial charge on any atom is 1.00 e. The molecule has 0 bridgehead atoms. The van der Waals surface area contributed by atoms with Gasteiger partial charge in [-0.2, -0.15) is 4.37 Å². The summed E-state index contributed by atoms with van der Waals surface area (Å²) < 4.78 is 4.65. The number of rotatable bonds is 1. The van der Waals surface area contributed by atoms with Gasteiger partial charge in [-0.1, -0.05) is 18.2 Å². The molecule has 60 valence electrons. The third-order valence-electron chi connectivity index (χ3n) is 1.57. The van der Waals surface area contributed by atoms with Crippen molar-refractivity contribution in [3.8, 4) is 0 Å². The molecule has 0 spiro atoms. The summed E-state index contributed by atoms with van der Waals surface area (Å²) in [6, 6.07) is 7.19. The number of nitrogens with zero attached hydrogens (tertiary/aromatic N) is 1. The molecule has 0 unspecified atom stereocenters. The largest absolute Gasteiger partial charge is 1.00 e. The van der Waals surface area contributed by atoms with Crippen molar-refractivity contribution in [3.63, 3.8) is 0 Å². The van der Waals surface area contributed by atoms with Crippen LogP contribution in [0.25, 0.3) is 10.1 Å². The fraction of sp³-hybridized carbons (Fsp3) is 0. The minimum atomic E-state index is -1.22. The minimum absolute atomic E-state index is 0. The maximum absolute atomic E-state index is 10.5. The van der Waals surface area contributed by atoms with E-state index in [4.69, 9.17) is 0 Å². The molecule has 0 aliphatic rings. The molecule has 0 saturated heterocycles. The number of hydrogen-bond donors (Lipinski definition) is 0. The summed E-state index contributed by atoms with van der Waals surface area (Å²) >= 11 is 1.17. The van der Waals surface area contributed by atoms with Crippen LogP contribution in [-0.2, 0) is 0 Å². The van der Waals surface area contributed by atoms with Crippen LogP contribution in [0.2, 0.25) is 0 Å². The van der Waals surface area contributed by atoms with E-state index >= 15 is 0 Å². The molecule has 0 fully saturated rings. The molecule has 2 aromatic rings. The smallest absolute Gasteiger partial charge is 0.543 e. The number of aromatic nitrogens is 1. The van der Waals surface area contributed by atoms with Crippen molar-refractivity contribution in [3.05, 3.63) is 30.0 Å². The number of carbonyl (C=O) groups excluding carboxylic acids is 1. The van der Waals surface area contributed by atoms with Gasteiger partial charge in [0.15, 0.2) is 0 Å². The van der Waals surface area contributed by atoms with Crippen LogP contribution in [0, 0.1) is 0 Å². The van der Waals surface area contributed by atoms with Crippen molar-refractivity contribution in [1.82, 2.24) is 4.37 Å². The summed E-state index contributed by atoms with van der Waals surface area (Å²) in [4.78, 5) is 10.5. The van der Waals surface area contributed by atoms with Gasteiger partial charge in [0.1, 0.15) is 5.69 Å². The first kappa shape index (κ1) is 10.7. The molecule has 13 heavy (non-hydrogen) atoms. The standard InChI is InChI=1S/C8H5NO2S.Na/c10-8(11)7-5-3-1-2-4-6(5)12-9-7;/h1-4H,(H,10,11);/q;+1/p-1. The molecule has 0 saturated carbocycles. The van der Waals surface area contributed by atoms with Gasteiger partial charge in [0, 0.05) is 5.39 Å². The molecular formula is C8H4NNaO2S. The molecule has 0 N–H and O–H groups in total. The average Bonchev–Trinajstić information content (AvgIpc) is 2.47. The van der Waals surface area contributed by atoms with Gasteiger partial charge in [0.25, 0.3) is 0 Å². The zero-order valence-corrected chi connectivity index (χ0v) is 9.80. The van der Waals surface area contributed by atoms with E-state index in [1.807, 2.05) is 12.1 Å². The number of hydrogen-bond acceptors (Lipinski definition) is 4. The Balaban J connectivity index is 0.000000845. The molecule has 1 aromatic heterocycles. The van der Waals surface area contributed by atoms with E-state index in [0.717, 1.165) is 4.70 Å². The van der Waals surface area contributed by atoms with Crippen molar-refractivity contribution >= 4 is 27.6 Å². The predicted molar refractivity (Wildman–Crippen MR) is 44.0 cm³/mol. The monoisotopic (exact) mass is 201 g/mol. The number of carboxylic acids is 1. The molecule has 3 nitrogen and oxygen atoms in total. The van der Waals surface area contributed by atoms with E-state index in [9.17, 15) is 9.90 Å². The maximum atomic E-state index is 10.5. The molecule has 0 amide bonds. The van der Waals surface area contributed by atoms with Crippen molar-refractivity contribution < 1.29 is 39.5 Å². The van der Waals surface area contributed by atoms with E-state index in [-0.39, 0.29) is 35.3 Å². The summed E-state index contributed by atoms with van der Waals surface area (Å²) in [5.74, 6) is -1.22. The van der Waals surface area contributed by atoms with Crippen LogP contribution in [-0.4, -0.2) is 10.3 Å². The normalized spacial score (nSPS) is 9.54. The van der Waals surface area contributed by atoms with Gasteiger partial charge >= 0.3 is 29.6 Å². The Bertz CT molecular complexity index is 440. The summed E-state index contributed by atoms with van der Waals surface area (Å²) in [6.07, 6.45) is 0. The van der Waals surface area contributed by atoms with Crippen LogP contribution in [0.1, 0.15) is 10.5 Å². The molecule has 0 radical (unpaired) electrons. The van der Waals surface area contributed by atoms with Crippen LogP contribution in [0.3, 0.4) is 0 Å². The number of aromatic carboxylic acids is 1. The second-order valence-electron chi connectivity index (χ2n) is 2.31. The zero-order chi connectivity index (χ0) is 8.55. The number of fused-ring (bicyclic) bond motifs is 1. The van der Waals surface area contributed by atoms with Crippen molar-refractivity contribution in [1.29, 1.82) is 0 Å². The molecule has 2 rings (SSSR count). The van der Waals surface area contributed by atoms with E-state index in [0.29, 0.717) is 5.39 Å². The third kappa shape index (κ3) is 1.91. The van der Waals surface area contributed by atoms with Gasteiger partial charge < -0.3 is 9.90 Å². The van der Waals surface area contributed by atoms with E-state index in [1.165, 1.54) is 11.5 Å². The van der Waals surface area contributed by atoms with Gasteiger partial charge in [-0.05, 0) is 17.6 Å². The zero-order valence-electron chi connectivity index (χ0n) is 6.98. The van der Waals surface area contributed by atoms with E-state index in [2.05, 4.69) is 4.37 Å². The molecule has 0 aliphatic carbocycles. The molecular weight excluding hydrogens is 197 g/mol. The molecule has 0 atom stereocenters. The molecule has 1 heterocycles. The molecule has 0 aliphatic heterocycles. The summed E-state index contributed by atoms with van der Waals surface area (Å²) in [5, 5.41) is 11.2. The van der Waals surface area contributed by atoms with Gasteiger partial charge in [-0.3, -0.25) is 0 Å². The SMILES string of the molecule is O=C([O-])c1nsc2ccccc12.[Na+]. The van der Waals surface area contributed by atoms with Crippen LogP contribution in [0.5, 0.6) is 0 Å². The number of benzene rings is 1. The van der Waals surface area contributed by atoms with Crippen molar-refractivity contribution in [2.45, 2.75) is 0 Å². The Morgan fingerprint density at radius 2 is 2.08 bits per heavy atom. The Morgan fingerprint density at radius 1 is 1.38 bits per heavy atom. The number of carboxylic acid groups (broad SMARTS) is 1. The van der Waals surface area contributed by atoms with Gasteiger partial charge in [0.2, 0.25) is 0 Å². The topological polar surface area (TPSA) is 53.0 Å². The van der Waals surface area contributed by atoms with Crippen LogP contribution >= 0.6 is 11.5 Å². The summed E-state index contributed by atoms with van der Waals surface area (Å²) in [7, 11) is 0. The molecule has 1 aromatic carbocycles. The fourth-order valence-electron chi connectivity index (χ4n) is 1.03. The van der Waals surface area contributed by atoms with Crippen LogP contribution in [0.15, 0.2) is 24.3 Å². The Labute approximate surface area is 101 Å². The Kier molecular flexibility index (Phi) is 3.44. The first-order valence-corrected chi connectivity index (χ1v) is 4.12. The summed E-state index contributed by atoms with van der Waals surface area (Å²) in [6.45, 7) is 0. The predicted octanol–water partition coefficient (Wildman–Crippen LogP) is -2.34. The van der Waals surface area contributed by atoms with Crippen molar-refractivity contribution in [2.75, 3.05) is 0 Å². The first-order chi connectivity index (χ1) is 5.79. The third-order valence-corrected chi connectivity index (χ3v) is 2.40. The van der Waals surface area contributed by atoms with Gasteiger partial charge in [-0.15, -0.1) is 0 Å². The van der Waals surface area contributed by atoms with Crippen LogP contribution < -0.4 is 34.7 Å². The van der Waals surface area contributed by atoms with Gasteiger partial charge in [-0.25, -0.2) is 0 Å². The Hall–Kier alpha value is -0.420. The fourth-order valence-corrected chi connectivity index (χ4v) is 1.80. The number of carbonyl (C=O) groups is 1. The second-order valence-corrected chi connectivity index (χ2v) is 3.12. The quantitative estimate of drug-likeness (QED) is 0.486. The van der Waals surface area contributed by atoms with Crippen LogP contribution in [0.4, 0.5) is 0 Å². The van der Waals surface area contributed by atoms with E-state index < -0.39 is 5.97 Å². The average molecular weight is 201 g/mol. The minimum Gasteiger partial charge on any atom is -0.543 e. The first-order valence-electron chi connectivity index (χ1n) is 3.35. The second kappa shape index (κ2) is 4.19. The van der Waals surface area contributed by atoms with E-state index in [1.54, 1.807) is 12.1 Å². The Morgan fingerprint density at radius 3 is 2.77 bits per heavy atom. The van der Waals surface area contributed by atoms with Gasteiger partial charge in [0.05, 0.1) is 10.7 Å². The molecule has 5 heteroatoms. The van der Waals surface area contributed by atoms with Crippen molar-refractivity contribution in [2.24, 2.45) is 0 Å².